The number of likely N-dealkylation sites (N-methyl/N-ethyl adjacent to an activating group) is 1. The Balaban J connectivity index is 1.95. The molecule has 2 amide bonds. The Morgan fingerprint density at radius 3 is 2.85 bits per heavy atom. The van der Waals surface area contributed by atoms with E-state index in [2.05, 4.69) is 5.32 Å². The Labute approximate surface area is 153 Å². The average Bonchev–Trinajstić information content (AvgIpc) is 2.63. The third kappa shape index (κ3) is 5.09. The van der Waals surface area contributed by atoms with Crippen LogP contribution in [0.25, 0.3) is 0 Å². The number of carbonyl (C=O) groups excluding carboxylic acids is 2. The molecule has 2 rings (SSSR count). The fourth-order valence-electron chi connectivity index (χ4n) is 2.71. The van der Waals surface area contributed by atoms with Crippen molar-refractivity contribution in [3.8, 4) is 5.75 Å². The number of hydrogen-bond donors (Lipinski definition) is 2. The Kier molecular flexibility index (Phi) is 7.23. The summed E-state index contributed by atoms with van der Waals surface area (Å²) in [6.45, 7) is 1.39. The summed E-state index contributed by atoms with van der Waals surface area (Å²) in [5.41, 5.74) is 1.38. The summed E-state index contributed by atoms with van der Waals surface area (Å²) in [5, 5.41) is 11.4. The van der Waals surface area contributed by atoms with Gasteiger partial charge in [0.05, 0.1) is 38.0 Å². The van der Waals surface area contributed by atoms with Gasteiger partial charge in [0.1, 0.15) is 12.4 Å². The van der Waals surface area contributed by atoms with E-state index in [-0.39, 0.29) is 37.5 Å². The van der Waals surface area contributed by atoms with E-state index in [1.165, 1.54) is 4.90 Å². The highest BCUT2D eigenvalue weighted by atomic mass is 16.5. The Bertz CT molecular complexity index is 635. The first-order valence-corrected chi connectivity index (χ1v) is 8.60. The fraction of sp³-hybridized carbons (Fsp3) is 0.556. The van der Waals surface area contributed by atoms with E-state index in [1.54, 1.807) is 32.3 Å². The number of carbonyl (C=O) groups is 2. The second kappa shape index (κ2) is 9.40. The molecule has 1 aliphatic heterocycles. The first kappa shape index (κ1) is 20.0. The summed E-state index contributed by atoms with van der Waals surface area (Å²) < 4.78 is 10.9. The van der Waals surface area contributed by atoms with Gasteiger partial charge in [-0.05, 0) is 18.2 Å². The lowest BCUT2D eigenvalue weighted by molar-refractivity contribution is -0.121. The maximum atomic E-state index is 12.2. The molecule has 0 saturated carbocycles. The van der Waals surface area contributed by atoms with E-state index < -0.39 is 0 Å². The van der Waals surface area contributed by atoms with E-state index in [1.807, 2.05) is 11.9 Å². The van der Waals surface area contributed by atoms with E-state index in [4.69, 9.17) is 14.6 Å². The lowest BCUT2D eigenvalue weighted by atomic mass is 10.1. The zero-order chi connectivity index (χ0) is 19.1. The van der Waals surface area contributed by atoms with Crippen LogP contribution in [-0.2, 0) is 9.53 Å². The molecule has 0 radical (unpaired) electrons. The minimum atomic E-state index is -0.120. The zero-order valence-corrected chi connectivity index (χ0v) is 15.5. The number of amides is 2. The highest BCUT2D eigenvalue weighted by Crippen LogP contribution is 2.34. The molecule has 1 unspecified atom stereocenters. The number of aliphatic hydroxyl groups is 1. The number of aliphatic hydroxyl groups excluding tert-OH is 1. The van der Waals surface area contributed by atoms with Crippen LogP contribution in [0.5, 0.6) is 5.75 Å². The van der Waals surface area contributed by atoms with Crippen molar-refractivity contribution < 1.29 is 24.2 Å². The molecular formula is C18H27N3O5. The predicted molar refractivity (Wildman–Crippen MR) is 97.7 cm³/mol. The summed E-state index contributed by atoms with van der Waals surface area (Å²) in [6, 6.07) is 5.21. The zero-order valence-electron chi connectivity index (χ0n) is 15.5. The molecule has 1 aliphatic rings. The summed E-state index contributed by atoms with van der Waals surface area (Å²) >= 11 is 0. The standard InChI is InChI=1S/C18H27N3O5/c1-20(2)18(24)13-4-5-16-15(10-13)21(3)14(12-26-16)11-17(23)19-6-8-25-9-7-22/h4-5,10,14,22H,6-9,11-12H2,1-3H3,(H,19,23). The summed E-state index contributed by atoms with van der Waals surface area (Å²) in [7, 11) is 5.31. The first-order valence-electron chi connectivity index (χ1n) is 8.60. The molecule has 26 heavy (non-hydrogen) atoms. The van der Waals surface area contributed by atoms with E-state index in [9.17, 15) is 9.59 Å². The van der Waals surface area contributed by atoms with Crippen molar-refractivity contribution in [1.82, 2.24) is 10.2 Å². The van der Waals surface area contributed by atoms with Gasteiger partial charge in [0.15, 0.2) is 0 Å². The van der Waals surface area contributed by atoms with Crippen LogP contribution in [0.3, 0.4) is 0 Å². The normalized spacial score (nSPS) is 15.8. The molecule has 0 aromatic heterocycles. The molecule has 144 valence electrons. The average molecular weight is 365 g/mol. The van der Waals surface area contributed by atoms with Gasteiger partial charge >= 0.3 is 0 Å². The van der Waals surface area contributed by atoms with Crippen LogP contribution < -0.4 is 15.0 Å². The quantitative estimate of drug-likeness (QED) is 0.635. The third-order valence-corrected chi connectivity index (χ3v) is 4.20. The SMILES string of the molecule is CN(C)C(=O)c1ccc2c(c1)N(C)C(CC(=O)NCCOCCO)CO2. The molecule has 0 spiro atoms. The molecule has 2 N–H and O–H groups in total. The first-order chi connectivity index (χ1) is 12.4. The van der Waals surface area contributed by atoms with Gasteiger partial charge in [0, 0.05) is 33.3 Å². The van der Waals surface area contributed by atoms with Gasteiger partial charge in [0.25, 0.3) is 5.91 Å². The van der Waals surface area contributed by atoms with Gasteiger partial charge in [0.2, 0.25) is 5.91 Å². The predicted octanol–water partition coefficient (Wildman–Crippen LogP) is 0.101. The molecule has 0 bridgehead atoms. The van der Waals surface area contributed by atoms with Crippen molar-refractivity contribution in [1.29, 1.82) is 0 Å². The largest absolute Gasteiger partial charge is 0.489 e. The molecule has 1 aromatic carbocycles. The Morgan fingerprint density at radius 2 is 2.15 bits per heavy atom. The lowest BCUT2D eigenvalue weighted by Gasteiger charge is -2.35. The van der Waals surface area contributed by atoms with Crippen LogP contribution in [-0.4, -0.2) is 82.0 Å². The molecule has 8 heteroatoms. The van der Waals surface area contributed by atoms with Gasteiger partial charge in [-0.3, -0.25) is 9.59 Å². The summed E-state index contributed by atoms with van der Waals surface area (Å²) in [4.78, 5) is 27.8. The van der Waals surface area contributed by atoms with Crippen LogP contribution in [0.1, 0.15) is 16.8 Å². The molecule has 1 atom stereocenters. The van der Waals surface area contributed by atoms with Crippen molar-refractivity contribution >= 4 is 17.5 Å². The van der Waals surface area contributed by atoms with Crippen LogP contribution in [0.15, 0.2) is 18.2 Å². The highest BCUT2D eigenvalue weighted by Gasteiger charge is 2.27. The van der Waals surface area contributed by atoms with Crippen molar-refractivity contribution in [3.05, 3.63) is 23.8 Å². The molecular weight excluding hydrogens is 338 g/mol. The van der Waals surface area contributed by atoms with Crippen LogP contribution >= 0.6 is 0 Å². The molecule has 1 heterocycles. The maximum Gasteiger partial charge on any atom is 0.253 e. The van der Waals surface area contributed by atoms with Gasteiger partial charge < -0.3 is 29.7 Å². The minimum absolute atomic E-state index is 0.0319. The fourth-order valence-corrected chi connectivity index (χ4v) is 2.71. The molecule has 8 nitrogen and oxygen atoms in total. The highest BCUT2D eigenvalue weighted by molar-refractivity contribution is 5.95. The van der Waals surface area contributed by atoms with Crippen molar-refractivity contribution in [3.63, 3.8) is 0 Å². The maximum absolute atomic E-state index is 12.2. The molecule has 0 fully saturated rings. The van der Waals surface area contributed by atoms with Gasteiger partial charge in [-0.15, -0.1) is 0 Å². The molecule has 0 saturated heterocycles. The van der Waals surface area contributed by atoms with Crippen molar-refractivity contribution in [2.24, 2.45) is 0 Å². The van der Waals surface area contributed by atoms with Crippen LogP contribution in [0, 0.1) is 0 Å². The van der Waals surface area contributed by atoms with Gasteiger partial charge in [-0.2, -0.15) is 0 Å². The summed E-state index contributed by atoms with van der Waals surface area (Å²) in [6.07, 6.45) is 0.280. The number of nitrogens with one attached hydrogen (secondary N) is 1. The van der Waals surface area contributed by atoms with Crippen molar-refractivity contribution in [2.75, 3.05) is 59.0 Å². The molecule has 1 aromatic rings. The number of fused-ring (bicyclic) bond motifs is 1. The van der Waals surface area contributed by atoms with Crippen LogP contribution in [0.4, 0.5) is 5.69 Å². The monoisotopic (exact) mass is 365 g/mol. The van der Waals surface area contributed by atoms with E-state index >= 15 is 0 Å². The summed E-state index contributed by atoms with van der Waals surface area (Å²) in [5.74, 6) is 0.530. The second-order valence-electron chi connectivity index (χ2n) is 6.35. The van der Waals surface area contributed by atoms with Crippen LogP contribution in [0.2, 0.25) is 0 Å². The Morgan fingerprint density at radius 1 is 1.38 bits per heavy atom. The Hall–Kier alpha value is -2.32. The number of benzene rings is 1. The number of hydrogen-bond acceptors (Lipinski definition) is 6. The number of ether oxygens (including phenoxy) is 2. The van der Waals surface area contributed by atoms with Crippen molar-refractivity contribution in [2.45, 2.75) is 12.5 Å². The second-order valence-corrected chi connectivity index (χ2v) is 6.35. The lowest BCUT2D eigenvalue weighted by Crippen LogP contribution is -2.44. The molecule has 0 aliphatic carbocycles. The van der Waals surface area contributed by atoms with E-state index in [0.29, 0.717) is 31.1 Å². The number of anilines is 1. The minimum Gasteiger partial charge on any atom is -0.489 e. The topological polar surface area (TPSA) is 91.3 Å². The van der Waals surface area contributed by atoms with E-state index in [0.717, 1.165) is 5.69 Å². The number of nitrogens with zero attached hydrogens (tertiary/aromatic N) is 2. The smallest absolute Gasteiger partial charge is 0.253 e. The number of rotatable bonds is 8. The van der Waals surface area contributed by atoms with Gasteiger partial charge in [-0.25, -0.2) is 0 Å². The van der Waals surface area contributed by atoms with Gasteiger partial charge in [-0.1, -0.05) is 0 Å². The third-order valence-electron chi connectivity index (χ3n) is 4.20.